The van der Waals surface area contributed by atoms with Crippen molar-refractivity contribution in [2.75, 3.05) is 26.2 Å². The monoisotopic (exact) mass is 281 g/mol. The SMILES string of the molecule is CCCN1CCCC(CN)(NC2CCC(C)(C)C2)CC1. The zero-order chi connectivity index (χ0) is 14.6. The van der Waals surface area contributed by atoms with Gasteiger partial charge in [0, 0.05) is 18.1 Å². The third kappa shape index (κ3) is 4.19. The maximum absolute atomic E-state index is 6.19. The summed E-state index contributed by atoms with van der Waals surface area (Å²) in [6, 6.07) is 0.686. The van der Waals surface area contributed by atoms with Crippen LogP contribution in [0.4, 0.5) is 0 Å². The van der Waals surface area contributed by atoms with Gasteiger partial charge < -0.3 is 16.0 Å². The number of likely N-dealkylation sites (tertiary alicyclic amines) is 1. The maximum atomic E-state index is 6.19. The molecule has 3 heteroatoms. The van der Waals surface area contributed by atoms with Crippen molar-refractivity contribution < 1.29 is 0 Å². The summed E-state index contributed by atoms with van der Waals surface area (Å²) < 4.78 is 0. The zero-order valence-corrected chi connectivity index (χ0v) is 13.9. The van der Waals surface area contributed by atoms with Crippen LogP contribution in [0.1, 0.15) is 65.7 Å². The van der Waals surface area contributed by atoms with Crippen molar-refractivity contribution in [3.05, 3.63) is 0 Å². The second kappa shape index (κ2) is 6.76. The Kier molecular flexibility index (Phi) is 5.49. The molecular formula is C17H35N3. The van der Waals surface area contributed by atoms with Gasteiger partial charge in [-0.3, -0.25) is 0 Å². The summed E-state index contributed by atoms with van der Waals surface area (Å²) in [5, 5.41) is 3.99. The third-order valence-corrected chi connectivity index (χ3v) is 5.45. The van der Waals surface area contributed by atoms with E-state index in [2.05, 4.69) is 31.0 Å². The van der Waals surface area contributed by atoms with Crippen molar-refractivity contribution in [1.82, 2.24) is 10.2 Å². The van der Waals surface area contributed by atoms with Crippen LogP contribution in [0.25, 0.3) is 0 Å². The topological polar surface area (TPSA) is 41.3 Å². The van der Waals surface area contributed by atoms with Crippen LogP contribution >= 0.6 is 0 Å². The van der Waals surface area contributed by atoms with Crippen molar-refractivity contribution in [2.24, 2.45) is 11.1 Å². The smallest absolute Gasteiger partial charge is 0.0319 e. The second-order valence-corrected chi connectivity index (χ2v) is 7.93. The highest BCUT2D eigenvalue weighted by atomic mass is 15.1. The molecule has 2 aliphatic rings. The van der Waals surface area contributed by atoms with Crippen molar-refractivity contribution in [1.29, 1.82) is 0 Å². The molecule has 2 rings (SSSR count). The van der Waals surface area contributed by atoms with Crippen LogP contribution in [0.3, 0.4) is 0 Å². The number of hydrogen-bond donors (Lipinski definition) is 2. The predicted molar refractivity (Wildman–Crippen MR) is 86.9 cm³/mol. The summed E-state index contributed by atoms with van der Waals surface area (Å²) in [5.41, 5.74) is 6.91. The van der Waals surface area contributed by atoms with E-state index in [4.69, 9.17) is 5.73 Å². The average Bonchev–Trinajstić information content (AvgIpc) is 2.61. The van der Waals surface area contributed by atoms with Crippen LogP contribution in [0.5, 0.6) is 0 Å². The quantitative estimate of drug-likeness (QED) is 0.814. The highest BCUT2D eigenvalue weighted by Crippen LogP contribution is 2.38. The van der Waals surface area contributed by atoms with Gasteiger partial charge in [0.1, 0.15) is 0 Å². The number of nitrogens with two attached hydrogens (primary N) is 1. The van der Waals surface area contributed by atoms with E-state index >= 15 is 0 Å². The van der Waals surface area contributed by atoms with Gasteiger partial charge in [0.2, 0.25) is 0 Å². The third-order valence-electron chi connectivity index (χ3n) is 5.45. The fourth-order valence-electron chi connectivity index (χ4n) is 4.19. The molecule has 0 aromatic rings. The summed E-state index contributed by atoms with van der Waals surface area (Å²) in [6.07, 6.45) is 9.02. The summed E-state index contributed by atoms with van der Waals surface area (Å²) in [4.78, 5) is 2.62. The van der Waals surface area contributed by atoms with E-state index in [1.165, 1.54) is 64.6 Å². The lowest BCUT2D eigenvalue weighted by molar-refractivity contribution is 0.235. The van der Waals surface area contributed by atoms with Gasteiger partial charge in [0.05, 0.1) is 0 Å². The zero-order valence-electron chi connectivity index (χ0n) is 13.9. The van der Waals surface area contributed by atoms with Crippen LogP contribution in [0.15, 0.2) is 0 Å². The van der Waals surface area contributed by atoms with Crippen molar-refractivity contribution >= 4 is 0 Å². The van der Waals surface area contributed by atoms with Gasteiger partial charge in [-0.05, 0) is 70.0 Å². The lowest BCUT2D eigenvalue weighted by Gasteiger charge is -2.36. The van der Waals surface area contributed by atoms with Gasteiger partial charge in [-0.1, -0.05) is 20.8 Å². The molecule has 1 saturated heterocycles. The molecule has 1 heterocycles. The molecule has 0 spiro atoms. The lowest BCUT2D eigenvalue weighted by atomic mass is 9.88. The van der Waals surface area contributed by atoms with Gasteiger partial charge in [-0.25, -0.2) is 0 Å². The molecule has 118 valence electrons. The highest BCUT2D eigenvalue weighted by molar-refractivity contribution is 4.97. The fraction of sp³-hybridized carbons (Fsp3) is 1.00. The van der Waals surface area contributed by atoms with Gasteiger partial charge in [0.25, 0.3) is 0 Å². The van der Waals surface area contributed by atoms with Crippen LogP contribution < -0.4 is 11.1 Å². The molecule has 3 nitrogen and oxygen atoms in total. The van der Waals surface area contributed by atoms with Gasteiger partial charge >= 0.3 is 0 Å². The van der Waals surface area contributed by atoms with Crippen molar-refractivity contribution in [3.8, 4) is 0 Å². The van der Waals surface area contributed by atoms with E-state index in [0.717, 1.165) is 6.54 Å². The van der Waals surface area contributed by atoms with Crippen LogP contribution in [-0.4, -0.2) is 42.7 Å². The molecule has 0 amide bonds. The Balaban J connectivity index is 1.92. The molecule has 0 aromatic carbocycles. The Morgan fingerprint density at radius 1 is 1.20 bits per heavy atom. The molecular weight excluding hydrogens is 246 g/mol. The first kappa shape index (κ1) is 16.3. The number of hydrogen-bond acceptors (Lipinski definition) is 3. The second-order valence-electron chi connectivity index (χ2n) is 7.93. The molecule has 3 N–H and O–H groups in total. The van der Waals surface area contributed by atoms with Crippen molar-refractivity contribution in [2.45, 2.75) is 77.3 Å². The van der Waals surface area contributed by atoms with Gasteiger partial charge in [-0.2, -0.15) is 0 Å². The van der Waals surface area contributed by atoms with E-state index in [0.29, 0.717) is 11.5 Å². The molecule has 1 saturated carbocycles. The first-order chi connectivity index (χ1) is 9.49. The van der Waals surface area contributed by atoms with Crippen molar-refractivity contribution in [3.63, 3.8) is 0 Å². The summed E-state index contributed by atoms with van der Waals surface area (Å²) in [5.74, 6) is 0. The molecule has 2 fully saturated rings. The number of nitrogens with one attached hydrogen (secondary N) is 1. The minimum absolute atomic E-state index is 0.202. The van der Waals surface area contributed by atoms with E-state index in [1.54, 1.807) is 0 Å². The Morgan fingerprint density at radius 3 is 2.60 bits per heavy atom. The standard InChI is InChI=1S/C17H35N3/c1-4-10-20-11-5-7-17(14-18,9-12-20)19-15-6-8-16(2,3)13-15/h15,19H,4-14,18H2,1-3H3. The first-order valence-electron chi connectivity index (χ1n) is 8.69. The number of nitrogens with zero attached hydrogens (tertiary/aromatic N) is 1. The Bertz CT molecular complexity index is 303. The first-order valence-corrected chi connectivity index (χ1v) is 8.69. The largest absolute Gasteiger partial charge is 0.329 e. The Morgan fingerprint density at radius 2 is 2.00 bits per heavy atom. The minimum atomic E-state index is 0.202. The summed E-state index contributed by atoms with van der Waals surface area (Å²) >= 11 is 0. The molecule has 2 unspecified atom stereocenters. The lowest BCUT2D eigenvalue weighted by Crippen LogP contribution is -2.55. The molecule has 0 aromatic heterocycles. The molecule has 0 radical (unpaired) electrons. The van der Waals surface area contributed by atoms with Crippen LogP contribution in [0, 0.1) is 5.41 Å². The van der Waals surface area contributed by atoms with E-state index < -0.39 is 0 Å². The van der Waals surface area contributed by atoms with Crippen LogP contribution in [0.2, 0.25) is 0 Å². The summed E-state index contributed by atoms with van der Waals surface area (Å²) in [7, 11) is 0. The van der Waals surface area contributed by atoms with E-state index in [9.17, 15) is 0 Å². The molecule has 20 heavy (non-hydrogen) atoms. The Labute approximate surface area is 125 Å². The Hall–Kier alpha value is -0.120. The van der Waals surface area contributed by atoms with E-state index in [1.807, 2.05) is 0 Å². The van der Waals surface area contributed by atoms with Gasteiger partial charge in [-0.15, -0.1) is 0 Å². The summed E-state index contributed by atoms with van der Waals surface area (Å²) in [6.45, 7) is 11.6. The molecule has 2 atom stereocenters. The molecule has 0 bridgehead atoms. The minimum Gasteiger partial charge on any atom is -0.329 e. The van der Waals surface area contributed by atoms with E-state index in [-0.39, 0.29) is 5.54 Å². The average molecular weight is 281 g/mol. The molecule has 1 aliphatic carbocycles. The van der Waals surface area contributed by atoms with Gasteiger partial charge in [0.15, 0.2) is 0 Å². The molecule has 1 aliphatic heterocycles. The fourth-order valence-corrected chi connectivity index (χ4v) is 4.19. The van der Waals surface area contributed by atoms with Crippen LogP contribution in [-0.2, 0) is 0 Å². The predicted octanol–water partition coefficient (Wildman–Crippen LogP) is 2.75. The number of rotatable bonds is 5. The highest BCUT2D eigenvalue weighted by Gasteiger charge is 2.37. The normalized spacial score (nSPS) is 35.1. The maximum Gasteiger partial charge on any atom is 0.0319 e.